The van der Waals surface area contributed by atoms with Crippen molar-refractivity contribution in [2.24, 2.45) is 5.41 Å². The molecule has 0 aromatic carbocycles. The molecular formula is C17H26ClN3. The molecule has 1 N–H and O–H groups in total. The molecule has 1 saturated carbocycles. The second-order valence-corrected chi connectivity index (χ2v) is 7.72. The second kappa shape index (κ2) is 6.13. The van der Waals surface area contributed by atoms with Gasteiger partial charge in [0, 0.05) is 31.9 Å². The van der Waals surface area contributed by atoms with Crippen LogP contribution >= 0.6 is 11.6 Å². The number of halogens is 1. The van der Waals surface area contributed by atoms with E-state index in [4.69, 9.17) is 11.6 Å². The monoisotopic (exact) mass is 307 g/mol. The SMILES string of the molecule is CC1(C)CCCN(c2ncc(CNC3CC3)cc2Cl)CC1. The molecule has 116 valence electrons. The van der Waals surface area contributed by atoms with Gasteiger partial charge in [0.1, 0.15) is 5.82 Å². The van der Waals surface area contributed by atoms with Crippen molar-refractivity contribution < 1.29 is 0 Å². The average molecular weight is 308 g/mol. The molecule has 0 amide bonds. The highest BCUT2D eigenvalue weighted by atomic mass is 35.5. The molecule has 0 atom stereocenters. The van der Waals surface area contributed by atoms with Gasteiger partial charge in [0.25, 0.3) is 0 Å². The van der Waals surface area contributed by atoms with Gasteiger partial charge in [0.05, 0.1) is 5.02 Å². The predicted octanol–water partition coefficient (Wildman–Crippen LogP) is 4.00. The molecule has 0 spiro atoms. The fourth-order valence-electron chi connectivity index (χ4n) is 2.98. The first-order chi connectivity index (χ1) is 10.0. The van der Waals surface area contributed by atoms with Crippen molar-refractivity contribution in [3.05, 3.63) is 22.8 Å². The Morgan fingerprint density at radius 2 is 2.14 bits per heavy atom. The number of pyridine rings is 1. The molecule has 4 heteroatoms. The van der Waals surface area contributed by atoms with Crippen LogP contribution in [0.15, 0.2) is 12.3 Å². The summed E-state index contributed by atoms with van der Waals surface area (Å²) in [6, 6.07) is 2.80. The number of rotatable bonds is 4. The van der Waals surface area contributed by atoms with Gasteiger partial charge in [-0.05, 0) is 49.1 Å². The molecule has 3 rings (SSSR count). The Hall–Kier alpha value is -0.800. The number of nitrogens with one attached hydrogen (secondary N) is 1. The van der Waals surface area contributed by atoms with E-state index in [2.05, 4.69) is 35.1 Å². The van der Waals surface area contributed by atoms with Gasteiger partial charge in [0.2, 0.25) is 0 Å². The molecule has 2 aliphatic rings. The predicted molar refractivity (Wildman–Crippen MR) is 89.0 cm³/mol. The fraction of sp³-hybridized carbons (Fsp3) is 0.706. The van der Waals surface area contributed by atoms with E-state index in [0.717, 1.165) is 36.5 Å². The van der Waals surface area contributed by atoms with E-state index < -0.39 is 0 Å². The molecule has 0 radical (unpaired) electrons. The van der Waals surface area contributed by atoms with Crippen molar-refractivity contribution >= 4 is 17.4 Å². The largest absolute Gasteiger partial charge is 0.355 e. The Bertz CT molecular complexity index is 497. The lowest BCUT2D eigenvalue weighted by atomic mass is 9.85. The normalized spacial score (nSPS) is 22.1. The summed E-state index contributed by atoms with van der Waals surface area (Å²) in [6.07, 6.45) is 8.30. The summed E-state index contributed by atoms with van der Waals surface area (Å²) >= 11 is 6.49. The molecular weight excluding hydrogens is 282 g/mol. The first-order valence-corrected chi connectivity index (χ1v) is 8.54. The standard InChI is InChI=1S/C17H26ClN3/c1-17(2)6-3-8-21(9-7-17)16-15(18)10-13(12-20-16)11-19-14-4-5-14/h10,12,14,19H,3-9,11H2,1-2H3. The van der Waals surface area contributed by atoms with E-state index in [0.29, 0.717) is 5.41 Å². The van der Waals surface area contributed by atoms with Crippen molar-refractivity contribution in [2.75, 3.05) is 18.0 Å². The van der Waals surface area contributed by atoms with Crippen molar-refractivity contribution in [2.45, 2.75) is 58.5 Å². The van der Waals surface area contributed by atoms with Crippen molar-refractivity contribution in [3.8, 4) is 0 Å². The quantitative estimate of drug-likeness (QED) is 0.911. The third-order valence-electron chi connectivity index (χ3n) is 4.69. The molecule has 3 nitrogen and oxygen atoms in total. The zero-order chi connectivity index (χ0) is 14.9. The zero-order valence-electron chi connectivity index (χ0n) is 13.2. The minimum atomic E-state index is 0.440. The molecule has 1 aliphatic carbocycles. The molecule has 2 fully saturated rings. The van der Waals surface area contributed by atoms with Gasteiger partial charge >= 0.3 is 0 Å². The molecule has 1 aliphatic heterocycles. The summed E-state index contributed by atoms with van der Waals surface area (Å²) in [5, 5.41) is 4.30. The minimum absolute atomic E-state index is 0.440. The Labute approximate surface area is 133 Å². The summed E-state index contributed by atoms with van der Waals surface area (Å²) in [6.45, 7) is 7.72. The van der Waals surface area contributed by atoms with Crippen LogP contribution in [0.25, 0.3) is 0 Å². The first-order valence-electron chi connectivity index (χ1n) is 8.16. The minimum Gasteiger partial charge on any atom is -0.355 e. The molecule has 1 aromatic rings. The molecule has 0 unspecified atom stereocenters. The van der Waals surface area contributed by atoms with E-state index in [1.54, 1.807) is 0 Å². The van der Waals surface area contributed by atoms with E-state index in [1.807, 2.05) is 6.20 Å². The average Bonchev–Trinajstić information content (AvgIpc) is 3.25. The molecule has 1 saturated heterocycles. The lowest BCUT2D eigenvalue weighted by Gasteiger charge is -2.25. The number of anilines is 1. The highest BCUT2D eigenvalue weighted by molar-refractivity contribution is 6.33. The van der Waals surface area contributed by atoms with Gasteiger partial charge in [-0.15, -0.1) is 0 Å². The lowest BCUT2D eigenvalue weighted by Crippen LogP contribution is -2.26. The van der Waals surface area contributed by atoms with Crippen LogP contribution in [0.1, 0.15) is 51.5 Å². The van der Waals surface area contributed by atoms with Gasteiger partial charge in [0.15, 0.2) is 0 Å². The van der Waals surface area contributed by atoms with Crippen LogP contribution in [0.4, 0.5) is 5.82 Å². The van der Waals surface area contributed by atoms with E-state index in [9.17, 15) is 0 Å². The molecule has 2 heterocycles. The van der Waals surface area contributed by atoms with Gasteiger partial charge < -0.3 is 10.2 Å². The van der Waals surface area contributed by atoms with Gasteiger partial charge in [-0.3, -0.25) is 0 Å². The van der Waals surface area contributed by atoms with Crippen LogP contribution < -0.4 is 10.2 Å². The highest BCUT2D eigenvalue weighted by Crippen LogP contribution is 2.33. The summed E-state index contributed by atoms with van der Waals surface area (Å²) in [4.78, 5) is 7.00. The summed E-state index contributed by atoms with van der Waals surface area (Å²) in [5.41, 5.74) is 1.63. The Morgan fingerprint density at radius 1 is 1.33 bits per heavy atom. The molecule has 0 bridgehead atoms. The fourth-order valence-corrected chi connectivity index (χ4v) is 3.29. The van der Waals surface area contributed by atoms with Crippen molar-refractivity contribution in [1.82, 2.24) is 10.3 Å². The maximum Gasteiger partial charge on any atom is 0.147 e. The first kappa shape index (κ1) is 15.1. The van der Waals surface area contributed by atoms with Crippen LogP contribution in [0.3, 0.4) is 0 Å². The zero-order valence-corrected chi connectivity index (χ0v) is 13.9. The van der Waals surface area contributed by atoms with Gasteiger partial charge in [-0.2, -0.15) is 0 Å². The topological polar surface area (TPSA) is 28.2 Å². The van der Waals surface area contributed by atoms with E-state index in [1.165, 1.54) is 37.7 Å². The van der Waals surface area contributed by atoms with Crippen LogP contribution in [0.5, 0.6) is 0 Å². The summed E-state index contributed by atoms with van der Waals surface area (Å²) < 4.78 is 0. The van der Waals surface area contributed by atoms with Gasteiger partial charge in [-0.1, -0.05) is 25.4 Å². The Balaban J connectivity index is 1.66. The third kappa shape index (κ3) is 4.10. The third-order valence-corrected chi connectivity index (χ3v) is 4.97. The van der Waals surface area contributed by atoms with Crippen molar-refractivity contribution in [3.63, 3.8) is 0 Å². The van der Waals surface area contributed by atoms with Crippen LogP contribution in [0.2, 0.25) is 5.02 Å². The summed E-state index contributed by atoms with van der Waals surface area (Å²) in [7, 11) is 0. The summed E-state index contributed by atoms with van der Waals surface area (Å²) in [5.74, 6) is 0.963. The second-order valence-electron chi connectivity index (χ2n) is 7.31. The number of aromatic nitrogens is 1. The number of hydrogen-bond acceptors (Lipinski definition) is 3. The highest BCUT2D eigenvalue weighted by Gasteiger charge is 2.25. The maximum absolute atomic E-state index is 6.49. The van der Waals surface area contributed by atoms with Crippen LogP contribution in [-0.2, 0) is 6.54 Å². The van der Waals surface area contributed by atoms with Crippen LogP contribution in [-0.4, -0.2) is 24.1 Å². The Morgan fingerprint density at radius 3 is 2.86 bits per heavy atom. The van der Waals surface area contributed by atoms with Crippen LogP contribution in [0, 0.1) is 5.41 Å². The lowest BCUT2D eigenvalue weighted by molar-refractivity contribution is 0.325. The molecule has 21 heavy (non-hydrogen) atoms. The smallest absolute Gasteiger partial charge is 0.147 e. The van der Waals surface area contributed by atoms with Gasteiger partial charge in [-0.25, -0.2) is 4.98 Å². The van der Waals surface area contributed by atoms with E-state index >= 15 is 0 Å². The number of hydrogen-bond donors (Lipinski definition) is 1. The van der Waals surface area contributed by atoms with E-state index in [-0.39, 0.29) is 0 Å². The number of nitrogens with zero attached hydrogens (tertiary/aromatic N) is 2. The Kier molecular flexibility index (Phi) is 4.41. The molecule has 1 aromatic heterocycles. The maximum atomic E-state index is 6.49. The van der Waals surface area contributed by atoms with Crippen molar-refractivity contribution in [1.29, 1.82) is 0 Å².